The fourth-order valence-electron chi connectivity index (χ4n) is 15.0. The van der Waals surface area contributed by atoms with Crippen molar-refractivity contribution in [3.8, 4) is 17.2 Å². The second-order valence-electron chi connectivity index (χ2n) is 24.7. The lowest BCUT2D eigenvalue weighted by molar-refractivity contribution is -0.0102. The SMILES string of the molecule is COc1ccc2cc(C(=O)C3CN(C4CCC4)CCN3Cc3ccccc3C3CC(N4CCN(CC5CC(N6CCCC(C(=O)c7ccc8c(CO)c(OC)ccc8c7)C6)C5)C(C(=O)c5ccc6cc(OC)ccc6c5)C4)C3)ccc2c1. The van der Waals surface area contributed by atoms with Crippen LogP contribution in [0.25, 0.3) is 32.3 Å². The van der Waals surface area contributed by atoms with Crippen LogP contribution >= 0.6 is 0 Å². The smallest absolute Gasteiger partial charge is 0.181 e. The van der Waals surface area contributed by atoms with Crippen LogP contribution in [0.1, 0.15) is 111 Å². The van der Waals surface area contributed by atoms with Gasteiger partial charge in [-0.15, -0.1) is 0 Å². The standard InChI is InChI=1S/C70H79N5O7/c1-80-60-21-17-46-32-52(15-13-48(46)37-60)69(78)65-43-73(27-28-74(65)39-45-30-58(31-45)71-25-7-9-55(41-71)68(77)51-19-23-63-50(34-51)20-24-67(82-3)64(63)44-76)59-35-56(36-59)62-12-5-4-8-54(62)40-75-29-26-72(57-10-6-11-57)42-66(75)70(79)53-16-14-49-38-61(81-2)22-18-47(49)33-53/h4-5,8,12-24,32-34,37-38,45,55-59,65-66,76H,6-7,9-11,25-31,35-36,39-44H2,1-3H3. The number of aliphatic hydroxyl groups excluding tert-OH is 1. The zero-order valence-electron chi connectivity index (χ0n) is 48.0. The summed E-state index contributed by atoms with van der Waals surface area (Å²) in [7, 11) is 4.98. The van der Waals surface area contributed by atoms with Gasteiger partial charge in [-0.1, -0.05) is 85.3 Å². The summed E-state index contributed by atoms with van der Waals surface area (Å²) >= 11 is 0. The fourth-order valence-corrected chi connectivity index (χ4v) is 15.0. The third-order valence-corrected chi connectivity index (χ3v) is 20.2. The number of benzene rings is 7. The van der Waals surface area contributed by atoms with E-state index >= 15 is 4.79 Å². The number of Topliss-reactive ketones (excluding diaryl/α,β-unsaturated/α-hetero) is 3. The summed E-state index contributed by atoms with van der Waals surface area (Å²) in [6.07, 6.45) is 9.89. The highest BCUT2D eigenvalue weighted by Crippen LogP contribution is 2.44. The van der Waals surface area contributed by atoms with Crippen LogP contribution in [0.15, 0.2) is 127 Å². The molecule has 1 N–H and O–H groups in total. The first kappa shape index (κ1) is 54.7. The van der Waals surface area contributed by atoms with E-state index in [0.29, 0.717) is 42.3 Å². The number of aliphatic hydroxyl groups is 1. The van der Waals surface area contributed by atoms with Crippen LogP contribution in [0.2, 0.25) is 0 Å². The van der Waals surface area contributed by atoms with Crippen molar-refractivity contribution in [2.24, 2.45) is 11.8 Å². The molecule has 426 valence electrons. The van der Waals surface area contributed by atoms with Gasteiger partial charge in [0, 0.05) is 105 Å². The molecule has 6 fully saturated rings. The van der Waals surface area contributed by atoms with Crippen molar-refractivity contribution in [3.05, 3.63) is 161 Å². The van der Waals surface area contributed by atoms with Crippen LogP contribution in [0.5, 0.6) is 17.2 Å². The number of hydrogen-bond donors (Lipinski definition) is 1. The van der Waals surface area contributed by atoms with Gasteiger partial charge in [-0.2, -0.15) is 0 Å². The summed E-state index contributed by atoms with van der Waals surface area (Å²) in [4.78, 5) is 56.7. The lowest BCUT2D eigenvalue weighted by Crippen LogP contribution is -2.62. The Labute approximate surface area is 482 Å². The maximum atomic E-state index is 15.1. The van der Waals surface area contributed by atoms with Gasteiger partial charge in [-0.05, 0) is 162 Å². The number of fused-ring (bicyclic) bond motifs is 3. The first-order valence-electron chi connectivity index (χ1n) is 30.4. The van der Waals surface area contributed by atoms with Gasteiger partial charge in [0.1, 0.15) is 17.2 Å². The number of likely N-dealkylation sites (tertiary alicyclic amines) is 1. The molecule has 3 aliphatic heterocycles. The first-order valence-corrected chi connectivity index (χ1v) is 30.4. The van der Waals surface area contributed by atoms with Gasteiger partial charge in [-0.3, -0.25) is 38.9 Å². The molecule has 3 unspecified atom stereocenters. The summed E-state index contributed by atoms with van der Waals surface area (Å²) in [5, 5.41) is 16.2. The lowest BCUT2D eigenvalue weighted by Gasteiger charge is -2.51. The highest BCUT2D eigenvalue weighted by Gasteiger charge is 2.45. The summed E-state index contributed by atoms with van der Waals surface area (Å²) in [5.74, 6) is 3.73. The number of rotatable bonds is 18. The van der Waals surface area contributed by atoms with Gasteiger partial charge >= 0.3 is 0 Å². The maximum Gasteiger partial charge on any atom is 0.181 e. The molecule has 7 aromatic rings. The van der Waals surface area contributed by atoms with Gasteiger partial charge < -0.3 is 19.3 Å². The van der Waals surface area contributed by atoms with E-state index in [4.69, 9.17) is 14.2 Å². The van der Waals surface area contributed by atoms with Crippen molar-refractivity contribution in [3.63, 3.8) is 0 Å². The van der Waals surface area contributed by atoms with E-state index in [1.54, 1.807) is 21.3 Å². The number of carbonyl (C=O) groups excluding carboxylic acids is 3. The van der Waals surface area contributed by atoms with Gasteiger partial charge in [-0.25, -0.2) is 0 Å². The molecule has 0 aromatic heterocycles. The molecule has 3 atom stereocenters. The summed E-state index contributed by atoms with van der Waals surface area (Å²) in [6.45, 7) is 8.43. The molecule has 0 spiro atoms. The second-order valence-corrected chi connectivity index (χ2v) is 24.7. The minimum absolute atomic E-state index is 0.0491. The Bertz CT molecular complexity index is 3510. The van der Waals surface area contributed by atoms with Gasteiger partial charge in [0.2, 0.25) is 0 Å². The summed E-state index contributed by atoms with van der Waals surface area (Å²) < 4.78 is 16.5. The van der Waals surface area contributed by atoms with Crippen LogP contribution in [-0.2, 0) is 13.2 Å². The Kier molecular flexibility index (Phi) is 15.8. The molecule has 0 amide bonds. The number of piperidine rings is 1. The zero-order valence-corrected chi connectivity index (χ0v) is 48.0. The molecule has 13 rings (SSSR count). The van der Waals surface area contributed by atoms with Crippen LogP contribution in [0, 0.1) is 11.8 Å². The van der Waals surface area contributed by atoms with Crippen molar-refractivity contribution in [2.75, 3.05) is 80.2 Å². The molecule has 7 aromatic carbocycles. The molecule has 6 aliphatic rings. The normalized spacial score (nSPS) is 25.1. The molecular formula is C70H79N5O7. The predicted octanol–water partition coefficient (Wildman–Crippen LogP) is 11.1. The molecule has 82 heavy (non-hydrogen) atoms. The highest BCUT2D eigenvalue weighted by molar-refractivity contribution is 6.05. The second kappa shape index (κ2) is 23.6. The Morgan fingerprint density at radius 1 is 0.512 bits per heavy atom. The molecule has 0 radical (unpaired) electrons. The quantitative estimate of drug-likeness (QED) is 0.0825. The molecule has 3 saturated carbocycles. The number of hydrogen-bond acceptors (Lipinski definition) is 12. The number of ketones is 3. The van der Waals surface area contributed by atoms with Gasteiger partial charge in [0.25, 0.3) is 0 Å². The molecule has 12 heteroatoms. The Morgan fingerprint density at radius 2 is 1.07 bits per heavy atom. The van der Waals surface area contributed by atoms with Crippen LogP contribution < -0.4 is 14.2 Å². The Morgan fingerprint density at radius 3 is 1.72 bits per heavy atom. The number of piperazine rings is 2. The van der Waals surface area contributed by atoms with Crippen molar-refractivity contribution >= 4 is 49.7 Å². The first-order chi connectivity index (χ1) is 40.1. The fraction of sp³-hybridized carbons (Fsp3) is 0.443. The highest BCUT2D eigenvalue weighted by atomic mass is 16.5. The zero-order chi connectivity index (χ0) is 56.0. The van der Waals surface area contributed by atoms with E-state index in [0.717, 1.165) is 163 Å². The molecule has 12 nitrogen and oxygen atoms in total. The molecular weight excluding hydrogens is 1020 g/mol. The summed E-state index contributed by atoms with van der Waals surface area (Å²) in [6, 6.07) is 44.0. The molecule has 3 saturated heterocycles. The molecule has 3 aliphatic carbocycles. The van der Waals surface area contributed by atoms with E-state index < -0.39 is 0 Å². The number of carbonyl (C=O) groups is 3. The number of methoxy groups -OCH3 is 3. The minimum atomic E-state index is -0.248. The van der Waals surface area contributed by atoms with E-state index in [1.165, 1.54) is 30.4 Å². The van der Waals surface area contributed by atoms with Crippen LogP contribution in [-0.4, -0.2) is 157 Å². The monoisotopic (exact) mass is 1100 g/mol. The van der Waals surface area contributed by atoms with E-state index in [2.05, 4.69) is 85.2 Å². The molecule has 3 heterocycles. The number of nitrogens with zero attached hydrogens (tertiary/aromatic N) is 5. The van der Waals surface area contributed by atoms with Crippen LogP contribution in [0.3, 0.4) is 0 Å². The average Bonchev–Trinajstić information content (AvgIpc) is 3.56. The van der Waals surface area contributed by atoms with Crippen molar-refractivity contribution in [1.82, 2.24) is 24.5 Å². The van der Waals surface area contributed by atoms with E-state index in [9.17, 15) is 14.7 Å². The summed E-state index contributed by atoms with van der Waals surface area (Å²) in [5.41, 5.74) is 5.74. The van der Waals surface area contributed by atoms with Crippen molar-refractivity contribution in [1.29, 1.82) is 0 Å². The molecule has 0 bridgehead atoms. The average molecular weight is 1100 g/mol. The maximum absolute atomic E-state index is 15.1. The topological polar surface area (TPSA) is 115 Å². The lowest BCUT2D eigenvalue weighted by atomic mass is 9.73. The third kappa shape index (κ3) is 10.9. The van der Waals surface area contributed by atoms with Gasteiger partial charge in [0.15, 0.2) is 17.3 Å². The minimum Gasteiger partial charge on any atom is -0.497 e. The Hall–Kier alpha value is -6.51. The van der Waals surface area contributed by atoms with E-state index in [1.807, 2.05) is 66.7 Å². The predicted molar refractivity (Wildman–Crippen MR) is 324 cm³/mol. The number of ether oxygens (including phenoxy) is 3. The van der Waals surface area contributed by atoms with Crippen LogP contribution in [0.4, 0.5) is 0 Å². The van der Waals surface area contributed by atoms with Crippen molar-refractivity contribution in [2.45, 2.75) is 107 Å². The third-order valence-electron chi connectivity index (χ3n) is 20.2. The van der Waals surface area contributed by atoms with Crippen molar-refractivity contribution < 1.29 is 33.7 Å². The Balaban J connectivity index is 0.675. The van der Waals surface area contributed by atoms with E-state index in [-0.39, 0.29) is 42.0 Å². The van der Waals surface area contributed by atoms with Gasteiger partial charge in [0.05, 0.1) is 40.0 Å². The largest absolute Gasteiger partial charge is 0.497 e.